The molecule has 5 heteroatoms. The lowest BCUT2D eigenvalue weighted by atomic mass is 9.96. The lowest BCUT2D eigenvalue weighted by Gasteiger charge is -2.22. The van der Waals surface area contributed by atoms with Crippen molar-refractivity contribution in [3.63, 3.8) is 0 Å². The fourth-order valence-corrected chi connectivity index (χ4v) is 4.85. The van der Waals surface area contributed by atoms with E-state index in [0.717, 1.165) is 18.4 Å². The maximum Gasteiger partial charge on any atom is 0.252 e. The minimum absolute atomic E-state index is 0.0599. The first-order chi connectivity index (χ1) is 15.4. The summed E-state index contributed by atoms with van der Waals surface area (Å²) in [7, 11) is 1.92. The molecule has 0 radical (unpaired) electrons. The highest BCUT2D eigenvalue weighted by atomic mass is 19.1. The summed E-state index contributed by atoms with van der Waals surface area (Å²) in [4.78, 5) is 15.3. The highest BCUT2D eigenvalue weighted by molar-refractivity contribution is 5.97. The van der Waals surface area contributed by atoms with Crippen LogP contribution in [0.5, 0.6) is 5.75 Å². The van der Waals surface area contributed by atoms with Crippen LogP contribution in [0.15, 0.2) is 60.7 Å². The molecule has 0 unspecified atom stereocenters. The number of carbonyl (C=O) groups excluding carboxylic acids is 1. The molecule has 2 fully saturated rings. The van der Waals surface area contributed by atoms with Crippen LogP contribution in [0.25, 0.3) is 10.8 Å². The number of likely N-dealkylation sites (N-methyl/N-ethyl adjacent to an activating group) is 1. The highest BCUT2D eigenvalue weighted by Gasteiger charge is 2.46. The van der Waals surface area contributed by atoms with E-state index in [9.17, 15) is 9.18 Å². The Labute approximate surface area is 188 Å². The third-order valence-corrected chi connectivity index (χ3v) is 6.94. The predicted molar refractivity (Wildman–Crippen MR) is 125 cm³/mol. The van der Waals surface area contributed by atoms with Gasteiger partial charge < -0.3 is 10.1 Å². The number of alkyl halides is 1. The zero-order chi connectivity index (χ0) is 22.3. The number of halogens is 1. The summed E-state index contributed by atoms with van der Waals surface area (Å²) in [6.45, 7) is 2.81. The largest absolute Gasteiger partial charge is 0.492 e. The molecule has 4 nitrogen and oxygen atoms in total. The molecule has 1 N–H and O–H groups in total. The first-order valence-electron chi connectivity index (χ1n) is 11.3. The summed E-state index contributed by atoms with van der Waals surface area (Å²) in [5, 5.41) is 5.69. The number of carbonyl (C=O) groups is 1. The van der Waals surface area contributed by atoms with Crippen LogP contribution in [0, 0.1) is 6.92 Å². The summed E-state index contributed by atoms with van der Waals surface area (Å²) in [5.41, 5.74) is 2.39. The quantitative estimate of drug-likeness (QED) is 0.597. The second kappa shape index (κ2) is 8.21. The summed E-state index contributed by atoms with van der Waals surface area (Å²) < 4.78 is 19.6. The van der Waals surface area contributed by atoms with Crippen LogP contribution in [0.1, 0.15) is 40.7 Å². The van der Waals surface area contributed by atoms with Crippen LogP contribution in [-0.2, 0) is 5.54 Å². The van der Waals surface area contributed by atoms with E-state index >= 15 is 0 Å². The van der Waals surface area contributed by atoms with Crippen LogP contribution in [0.4, 0.5) is 4.39 Å². The number of rotatable bonds is 6. The van der Waals surface area contributed by atoms with Crippen molar-refractivity contribution in [2.75, 3.05) is 20.2 Å². The van der Waals surface area contributed by atoms with Gasteiger partial charge in [0.2, 0.25) is 0 Å². The van der Waals surface area contributed by atoms with Crippen molar-refractivity contribution in [2.24, 2.45) is 0 Å². The monoisotopic (exact) mass is 432 g/mol. The summed E-state index contributed by atoms with van der Waals surface area (Å²) in [5.74, 6) is 0.562. The molecule has 5 rings (SSSR count). The standard InChI is InChI=1S/C27H29FN2O2/c1-18-10-11-22(32-17-21-14-20(28)16-30(21)2)15-24(18)26(31)29-27(12-13-27)25-9-5-7-19-6-3-4-8-23(19)25/h3-11,15,20-21H,12-14,16-17H2,1-2H3,(H,29,31)/t20-,21-/m1/s1. The van der Waals surface area contributed by atoms with Crippen LogP contribution < -0.4 is 10.1 Å². The van der Waals surface area contributed by atoms with Crippen LogP contribution in [-0.4, -0.2) is 43.2 Å². The van der Waals surface area contributed by atoms with E-state index < -0.39 is 6.17 Å². The molecule has 1 amide bonds. The van der Waals surface area contributed by atoms with Crippen LogP contribution in [0.3, 0.4) is 0 Å². The first-order valence-corrected chi connectivity index (χ1v) is 11.3. The second-order valence-corrected chi connectivity index (χ2v) is 9.28. The molecule has 166 valence electrons. The van der Waals surface area contributed by atoms with Crippen molar-refractivity contribution in [2.45, 2.75) is 43.9 Å². The van der Waals surface area contributed by atoms with Crippen molar-refractivity contribution in [1.29, 1.82) is 0 Å². The van der Waals surface area contributed by atoms with Gasteiger partial charge in [0.05, 0.1) is 5.54 Å². The van der Waals surface area contributed by atoms with E-state index in [0.29, 0.717) is 30.9 Å². The molecule has 0 bridgehead atoms. The summed E-state index contributed by atoms with van der Waals surface area (Å²) in [6.07, 6.45) is 1.56. The van der Waals surface area contributed by atoms with Gasteiger partial charge in [-0.25, -0.2) is 4.39 Å². The molecule has 1 saturated carbocycles. The lowest BCUT2D eigenvalue weighted by molar-refractivity contribution is 0.0930. The molecule has 1 aliphatic carbocycles. The number of hydrogen-bond acceptors (Lipinski definition) is 3. The topological polar surface area (TPSA) is 41.6 Å². The van der Waals surface area contributed by atoms with Gasteiger partial charge in [0.15, 0.2) is 0 Å². The maximum atomic E-state index is 13.6. The molecule has 1 heterocycles. The van der Waals surface area contributed by atoms with E-state index in [2.05, 4.69) is 35.6 Å². The van der Waals surface area contributed by atoms with Crippen molar-refractivity contribution in [3.8, 4) is 5.75 Å². The van der Waals surface area contributed by atoms with Gasteiger partial charge in [0, 0.05) is 18.2 Å². The minimum Gasteiger partial charge on any atom is -0.492 e. The molecule has 3 aromatic carbocycles. The molecule has 0 aromatic heterocycles. The van der Waals surface area contributed by atoms with E-state index in [4.69, 9.17) is 4.74 Å². The van der Waals surface area contributed by atoms with Crippen molar-refractivity contribution >= 4 is 16.7 Å². The lowest BCUT2D eigenvalue weighted by Crippen LogP contribution is -2.35. The van der Waals surface area contributed by atoms with Crippen molar-refractivity contribution in [3.05, 3.63) is 77.4 Å². The third-order valence-electron chi connectivity index (χ3n) is 6.94. The predicted octanol–water partition coefficient (Wildman–Crippen LogP) is 4.99. The smallest absolute Gasteiger partial charge is 0.252 e. The fourth-order valence-electron chi connectivity index (χ4n) is 4.85. The number of benzene rings is 3. The van der Waals surface area contributed by atoms with Crippen LogP contribution in [0.2, 0.25) is 0 Å². The van der Waals surface area contributed by atoms with E-state index in [1.165, 1.54) is 16.3 Å². The highest BCUT2D eigenvalue weighted by Crippen LogP contribution is 2.48. The Morgan fingerprint density at radius 3 is 2.69 bits per heavy atom. The molecule has 3 aromatic rings. The van der Waals surface area contributed by atoms with E-state index in [1.54, 1.807) is 0 Å². The molecule has 2 atom stereocenters. The Morgan fingerprint density at radius 1 is 1.16 bits per heavy atom. The number of amides is 1. The fraction of sp³-hybridized carbons (Fsp3) is 0.370. The van der Waals surface area contributed by atoms with Gasteiger partial charge in [0.25, 0.3) is 5.91 Å². The average Bonchev–Trinajstić information content (AvgIpc) is 3.49. The molecule has 2 aliphatic rings. The van der Waals surface area contributed by atoms with Gasteiger partial charge in [-0.05, 0) is 67.3 Å². The number of aryl methyl sites for hydroxylation is 1. The maximum absolute atomic E-state index is 13.6. The van der Waals surface area contributed by atoms with Gasteiger partial charge >= 0.3 is 0 Å². The molecule has 32 heavy (non-hydrogen) atoms. The Bertz CT molecular complexity index is 1150. The van der Waals surface area contributed by atoms with E-state index in [1.807, 2.05) is 49.2 Å². The Balaban J connectivity index is 1.34. The Morgan fingerprint density at radius 2 is 1.94 bits per heavy atom. The molecular formula is C27H29FN2O2. The SMILES string of the molecule is Cc1ccc(OC[C@H]2C[C@@H](F)CN2C)cc1C(=O)NC1(c2cccc3ccccc23)CC1. The number of hydrogen-bond donors (Lipinski definition) is 1. The van der Waals surface area contributed by atoms with Crippen LogP contribution >= 0.6 is 0 Å². The number of ether oxygens (including phenoxy) is 1. The van der Waals surface area contributed by atoms with Gasteiger partial charge in [0.1, 0.15) is 18.5 Å². The zero-order valence-electron chi connectivity index (χ0n) is 18.6. The zero-order valence-corrected chi connectivity index (χ0v) is 18.6. The first kappa shape index (κ1) is 21.0. The number of likely N-dealkylation sites (tertiary alicyclic amines) is 1. The molecule has 1 aliphatic heterocycles. The number of nitrogens with one attached hydrogen (secondary N) is 1. The molecule has 0 spiro atoms. The van der Waals surface area contributed by atoms with Crippen molar-refractivity contribution in [1.82, 2.24) is 10.2 Å². The second-order valence-electron chi connectivity index (χ2n) is 9.28. The summed E-state index contributed by atoms with van der Waals surface area (Å²) >= 11 is 0. The van der Waals surface area contributed by atoms with Gasteiger partial charge in [-0.3, -0.25) is 9.69 Å². The van der Waals surface area contributed by atoms with E-state index in [-0.39, 0.29) is 17.5 Å². The van der Waals surface area contributed by atoms with Gasteiger partial charge in [-0.1, -0.05) is 48.5 Å². The van der Waals surface area contributed by atoms with Gasteiger partial charge in [-0.2, -0.15) is 0 Å². The number of fused-ring (bicyclic) bond motifs is 1. The van der Waals surface area contributed by atoms with Crippen molar-refractivity contribution < 1.29 is 13.9 Å². The normalized spacial score (nSPS) is 22.1. The third kappa shape index (κ3) is 3.97. The summed E-state index contributed by atoms with van der Waals surface area (Å²) in [6, 6.07) is 20.3. The minimum atomic E-state index is -0.795. The average molecular weight is 433 g/mol. The Hall–Kier alpha value is -2.92. The molecule has 1 saturated heterocycles. The van der Waals surface area contributed by atoms with Gasteiger partial charge in [-0.15, -0.1) is 0 Å². The Kier molecular flexibility index (Phi) is 5.38. The molecular weight excluding hydrogens is 403 g/mol. The number of nitrogens with zero attached hydrogens (tertiary/aromatic N) is 1.